The Bertz CT molecular complexity index is 699. The van der Waals surface area contributed by atoms with Gasteiger partial charge in [0.25, 0.3) is 0 Å². The van der Waals surface area contributed by atoms with E-state index in [-0.39, 0.29) is 12.3 Å². The van der Waals surface area contributed by atoms with E-state index in [1.165, 1.54) is 6.07 Å². The molecule has 0 fully saturated rings. The maximum Gasteiger partial charge on any atom is 0.241 e. The zero-order valence-corrected chi connectivity index (χ0v) is 16.1. The number of rotatable bonds is 8. The Morgan fingerprint density at radius 2 is 2.19 bits per heavy atom. The van der Waals surface area contributed by atoms with E-state index in [1.54, 1.807) is 0 Å². The lowest BCUT2D eigenvalue weighted by molar-refractivity contribution is -0.121. The highest BCUT2D eigenvalue weighted by molar-refractivity contribution is 7.81. The minimum atomic E-state index is -0.434. The number of ether oxygens (including phenoxy) is 1. The number of nitrogens with one attached hydrogen (secondary N) is 1. The van der Waals surface area contributed by atoms with Crippen LogP contribution in [0.3, 0.4) is 0 Å². The summed E-state index contributed by atoms with van der Waals surface area (Å²) in [6.07, 6.45) is 4.24. The predicted octanol–water partition coefficient (Wildman–Crippen LogP) is 3.44. The van der Waals surface area contributed by atoms with Crippen molar-refractivity contribution in [3.05, 3.63) is 29.1 Å². The molecule has 2 rings (SSSR count). The van der Waals surface area contributed by atoms with Crippen LogP contribution in [0.5, 0.6) is 5.75 Å². The van der Waals surface area contributed by atoms with Gasteiger partial charge in [-0.05, 0) is 37.3 Å². The van der Waals surface area contributed by atoms with Crippen molar-refractivity contribution in [3.63, 3.8) is 0 Å². The molecule has 0 unspecified atom stereocenters. The molecule has 0 saturated carbocycles. The zero-order chi connectivity index (χ0) is 19.2. The third-order valence-corrected chi connectivity index (χ3v) is 4.10. The van der Waals surface area contributed by atoms with Crippen molar-refractivity contribution in [1.82, 2.24) is 5.43 Å². The van der Waals surface area contributed by atoms with Gasteiger partial charge in [-0.2, -0.15) is 17.7 Å². The number of hydrogen-bond acceptors (Lipinski definition) is 5. The highest BCUT2D eigenvalue weighted by Crippen LogP contribution is 2.29. The molecular formula is C19H25FN2O3S. The van der Waals surface area contributed by atoms with E-state index in [0.29, 0.717) is 42.9 Å². The van der Waals surface area contributed by atoms with Gasteiger partial charge in [-0.3, -0.25) is 4.79 Å². The fraction of sp³-hybridized carbons (Fsp3) is 0.526. The molecule has 1 amide bonds. The van der Waals surface area contributed by atoms with Crippen molar-refractivity contribution in [3.8, 4) is 5.75 Å². The topological polar surface area (TPSA) is 67.8 Å². The van der Waals surface area contributed by atoms with Gasteiger partial charge in [0.15, 0.2) is 0 Å². The SMILES string of the molecule is CC(C)(S)CC(=O)N/N=C1\CCCc2cc(OCCCC=O)cc(F)c21. The summed E-state index contributed by atoms with van der Waals surface area (Å²) in [5.74, 6) is -0.204. The van der Waals surface area contributed by atoms with Crippen LogP contribution in [-0.2, 0) is 16.0 Å². The molecule has 1 aliphatic carbocycles. The molecule has 142 valence electrons. The molecule has 26 heavy (non-hydrogen) atoms. The van der Waals surface area contributed by atoms with E-state index in [0.717, 1.165) is 24.7 Å². The van der Waals surface area contributed by atoms with Crippen LogP contribution in [0.1, 0.15) is 57.1 Å². The minimum Gasteiger partial charge on any atom is -0.493 e. The number of fused-ring (bicyclic) bond motifs is 1. The molecule has 0 spiro atoms. The number of aldehydes is 1. The highest BCUT2D eigenvalue weighted by Gasteiger charge is 2.22. The largest absolute Gasteiger partial charge is 0.493 e. The van der Waals surface area contributed by atoms with Crippen molar-refractivity contribution < 1.29 is 18.7 Å². The fourth-order valence-corrected chi connectivity index (χ4v) is 2.99. The molecule has 0 heterocycles. The van der Waals surface area contributed by atoms with E-state index in [2.05, 4.69) is 23.2 Å². The molecule has 5 nitrogen and oxygen atoms in total. The van der Waals surface area contributed by atoms with E-state index >= 15 is 0 Å². The monoisotopic (exact) mass is 380 g/mol. The Balaban J connectivity index is 2.12. The van der Waals surface area contributed by atoms with E-state index < -0.39 is 10.6 Å². The van der Waals surface area contributed by atoms with Gasteiger partial charge < -0.3 is 9.53 Å². The smallest absolute Gasteiger partial charge is 0.241 e. The number of unbranched alkanes of at least 4 members (excludes halogenated alkanes) is 1. The van der Waals surface area contributed by atoms with Crippen LogP contribution in [0, 0.1) is 5.82 Å². The van der Waals surface area contributed by atoms with Crippen LogP contribution in [0.15, 0.2) is 17.2 Å². The molecule has 0 atom stereocenters. The summed E-state index contributed by atoms with van der Waals surface area (Å²) in [5, 5.41) is 4.15. The normalized spacial score (nSPS) is 15.5. The number of halogens is 1. The number of amides is 1. The standard InChI is InChI=1S/C19H25FN2O3S/c1-19(2,26)12-17(24)22-21-16-7-5-6-13-10-14(11-15(20)18(13)16)25-9-4-3-8-23/h8,10-11,26H,3-7,9,12H2,1-2H3,(H,22,24)/b21-16+. The van der Waals surface area contributed by atoms with Gasteiger partial charge >= 0.3 is 0 Å². The van der Waals surface area contributed by atoms with Crippen LogP contribution in [0.25, 0.3) is 0 Å². The summed E-state index contributed by atoms with van der Waals surface area (Å²) < 4.78 is 19.7. The molecule has 0 saturated heterocycles. The number of nitrogens with zero attached hydrogens (tertiary/aromatic N) is 1. The average Bonchev–Trinajstić information content (AvgIpc) is 2.55. The lowest BCUT2D eigenvalue weighted by Crippen LogP contribution is -2.28. The van der Waals surface area contributed by atoms with Crippen LogP contribution in [-0.4, -0.2) is 29.3 Å². The van der Waals surface area contributed by atoms with Crippen LogP contribution in [0.4, 0.5) is 4.39 Å². The van der Waals surface area contributed by atoms with Crippen molar-refractivity contribution in [2.24, 2.45) is 5.10 Å². The van der Waals surface area contributed by atoms with Crippen LogP contribution in [0.2, 0.25) is 0 Å². The number of benzene rings is 1. The van der Waals surface area contributed by atoms with Gasteiger partial charge in [-0.15, -0.1) is 0 Å². The quantitative estimate of drug-likeness (QED) is 0.314. The number of thiol groups is 1. The second-order valence-corrected chi connectivity index (χ2v) is 8.24. The summed E-state index contributed by atoms with van der Waals surface area (Å²) in [6.45, 7) is 4.05. The molecule has 0 aliphatic heterocycles. The van der Waals surface area contributed by atoms with Crippen molar-refractivity contribution >= 4 is 30.5 Å². The number of carbonyl (C=O) groups is 2. The fourth-order valence-electron chi connectivity index (χ4n) is 2.84. The molecule has 0 aromatic heterocycles. The first kappa shape index (κ1) is 20.4. The molecule has 1 aromatic carbocycles. The first-order chi connectivity index (χ1) is 12.3. The minimum absolute atomic E-state index is 0.218. The Morgan fingerprint density at radius 3 is 2.88 bits per heavy atom. The zero-order valence-electron chi connectivity index (χ0n) is 15.2. The third kappa shape index (κ3) is 6.12. The molecule has 0 bridgehead atoms. The van der Waals surface area contributed by atoms with Gasteiger partial charge in [0.05, 0.1) is 12.3 Å². The van der Waals surface area contributed by atoms with Crippen molar-refractivity contribution in [2.75, 3.05) is 6.61 Å². The van der Waals surface area contributed by atoms with Crippen molar-refractivity contribution in [2.45, 2.75) is 57.1 Å². The van der Waals surface area contributed by atoms with Gasteiger partial charge in [-0.1, -0.05) is 13.8 Å². The number of carbonyl (C=O) groups excluding carboxylic acids is 2. The molecule has 1 N–H and O–H groups in total. The number of aryl methyl sites for hydroxylation is 1. The summed E-state index contributed by atoms with van der Waals surface area (Å²) in [4.78, 5) is 22.2. The molecule has 0 radical (unpaired) electrons. The second kappa shape index (κ2) is 9.16. The first-order valence-corrected chi connectivity index (χ1v) is 9.22. The van der Waals surface area contributed by atoms with Gasteiger partial charge in [0.2, 0.25) is 5.91 Å². The molecule has 7 heteroatoms. The molecule has 1 aromatic rings. The lowest BCUT2D eigenvalue weighted by atomic mass is 9.89. The Morgan fingerprint density at radius 1 is 1.42 bits per heavy atom. The Hall–Kier alpha value is -1.89. The average molecular weight is 380 g/mol. The molecule has 1 aliphatic rings. The summed E-state index contributed by atoms with van der Waals surface area (Å²) in [5.41, 5.74) is 4.32. The summed E-state index contributed by atoms with van der Waals surface area (Å²) in [6, 6.07) is 3.14. The highest BCUT2D eigenvalue weighted by atomic mass is 32.1. The van der Waals surface area contributed by atoms with E-state index in [4.69, 9.17) is 4.74 Å². The van der Waals surface area contributed by atoms with E-state index in [9.17, 15) is 14.0 Å². The maximum absolute atomic E-state index is 14.6. The molecular weight excluding hydrogens is 355 g/mol. The summed E-state index contributed by atoms with van der Waals surface area (Å²) in [7, 11) is 0. The maximum atomic E-state index is 14.6. The van der Waals surface area contributed by atoms with Crippen molar-refractivity contribution in [1.29, 1.82) is 0 Å². The Kier molecular flexibility index (Phi) is 7.20. The predicted molar refractivity (Wildman–Crippen MR) is 102 cm³/mol. The number of hydrazone groups is 1. The third-order valence-electron chi connectivity index (χ3n) is 3.94. The lowest BCUT2D eigenvalue weighted by Gasteiger charge is -2.20. The van der Waals surface area contributed by atoms with E-state index in [1.807, 2.05) is 19.9 Å². The van der Waals surface area contributed by atoms with Gasteiger partial charge in [0.1, 0.15) is 17.9 Å². The summed E-state index contributed by atoms with van der Waals surface area (Å²) >= 11 is 4.33. The number of hydrogen-bond donors (Lipinski definition) is 2. The van der Waals surface area contributed by atoms with Crippen LogP contribution >= 0.6 is 12.6 Å². The Labute approximate surface area is 158 Å². The second-order valence-electron chi connectivity index (χ2n) is 7.03. The first-order valence-electron chi connectivity index (χ1n) is 8.77. The van der Waals surface area contributed by atoms with Gasteiger partial charge in [-0.25, -0.2) is 9.82 Å². The van der Waals surface area contributed by atoms with Gasteiger partial charge in [0, 0.05) is 29.2 Å². The van der Waals surface area contributed by atoms with Crippen LogP contribution < -0.4 is 10.2 Å².